The molecule has 0 aliphatic heterocycles. The van der Waals surface area contributed by atoms with Crippen molar-refractivity contribution >= 4 is 27.5 Å². The number of hydrogen-bond donors (Lipinski definition) is 1. The lowest BCUT2D eigenvalue weighted by atomic mass is 9.97. The Hall–Kier alpha value is -1.10. The minimum atomic E-state index is -0.652. The van der Waals surface area contributed by atoms with Crippen molar-refractivity contribution in [3.05, 3.63) is 62.3 Å². The maximum absolute atomic E-state index is 14.1. The van der Waals surface area contributed by atoms with E-state index in [-0.39, 0.29) is 5.02 Å². The fourth-order valence-corrected chi connectivity index (χ4v) is 2.56. The van der Waals surface area contributed by atoms with Crippen LogP contribution in [0.4, 0.5) is 4.39 Å². The third kappa shape index (κ3) is 2.82. The molecule has 0 amide bonds. The minimum Gasteiger partial charge on any atom is -0.496 e. The summed E-state index contributed by atoms with van der Waals surface area (Å²) in [7, 11) is 1.56. The Bertz CT molecular complexity index is 648. The fraction of sp³-hybridized carbons (Fsp3) is 0.200. The van der Waals surface area contributed by atoms with Crippen molar-refractivity contribution in [2.24, 2.45) is 5.73 Å². The zero-order chi connectivity index (χ0) is 14.9. The Balaban J connectivity index is 2.55. The molecular formula is C15H14BrClFNO. The van der Waals surface area contributed by atoms with Gasteiger partial charge in [0, 0.05) is 15.6 Å². The molecular weight excluding hydrogens is 345 g/mol. The van der Waals surface area contributed by atoms with E-state index in [2.05, 4.69) is 15.9 Å². The van der Waals surface area contributed by atoms with Crippen molar-refractivity contribution in [1.29, 1.82) is 0 Å². The summed E-state index contributed by atoms with van der Waals surface area (Å²) in [4.78, 5) is 0. The quantitative estimate of drug-likeness (QED) is 0.870. The average Bonchev–Trinajstić information content (AvgIpc) is 2.43. The maximum atomic E-state index is 14.1. The number of methoxy groups -OCH3 is 1. The van der Waals surface area contributed by atoms with Crippen LogP contribution >= 0.6 is 27.5 Å². The molecule has 20 heavy (non-hydrogen) atoms. The lowest BCUT2D eigenvalue weighted by Gasteiger charge is -2.18. The Morgan fingerprint density at radius 3 is 2.65 bits per heavy atom. The highest BCUT2D eigenvalue weighted by Crippen LogP contribution is 2.35. The van der Waals surface area contributed by atoms with Gasteiger partial charge in [0.15, 0.2) is 0 Å². The summed E-state index contributed by atoms with van der Waals surface area (Å²) in [5.41, 5.74) is 8.24. The van der Waals surface area contributed by atoms with Gasteiger partial charge in [0.25, 0.3) is 0 Å². The zero-order valence-corrected chi connectivity index (χ0v) is 13.4. The van der Waals surface area contributed by atoms with Crippen molar-refractivity contribution in [2.45, 2.75) is 13.0 Å². The highest BCUT2D eigenvalue weighted by Gasteiger charge is 2.20. The van der Waals surface area contributed by atoms with Crippen LogP contribution in [0.15, 0.2) is 34.8 Å². The third-order valence-electron chi connectivity index (χ3n) is 3.16. The molecule has 2 aromatic carbocycles. The molecule has 0 bridgehead atoms. The highest BCUT2D eigenvalue weighted by molar-refractivity contribution is 9.10. The number of hydrogen-bond acceptors (Lipinski definition) is 2. The molecule has 0 saturated carbocycles. The summed E-state index contributed by atoms with van der Waals surface area (Å²) in [6, 6.07) is 7.85. The van der Waals surface area contributed by atoms with Crippen LogP contribution in [0.1, 0.15) is 22.7 Å². The first-order valence-electron chi connectivity index (χ1n) is 5.99. The normalized spacial score (nSPS) is 12.3. The van der Waals surface area contributed by atoms with Crippen LogP contribution in [0.25, 0.3) is 0 Å². The molecule has 0 aliphatic rings. The lowest BCUT2D eigenvalue weighted by Crippen LogP contribution is -2.15. The average molecular weight is 359 g/mol. The third-order valence-corrected chi connectivity index (χ3v) is 4.31. The van der Waals surface area contributed by atoms with Crippen LogP contribution in [0.3, 0.4) is 0 Å². The Labute approximate surface area is 130 Å². The largest absolute Gasteiger partial charge is 0.496 e. The molecule has 2 nitrogen and oxygen atoms in total. The van der Waals surface area contributed by atoms with Crippen LogP contribution < -0.4 is 10.5 Å². The molecule has 2 aromatic rings. The Morgan fingerprint density at radius 2 is 2.00 bits per heavy atom. The first-order valence-corrected chi connectivity index (χ1v) is 7.16. The van der Waals surface area contributed by atoms with Gasteiger partial charge in [0.2, 0.25) is 0 Å². The van der Waals surface area contributed by atoms with E-state index in [0.29, 0.717) is 16.9 Å². The van der Waals surface area contributed by atoms with Crippen LogP contribution in [0.2, 0.25) is 5.02 Å². The summed E-state index contributed by atoms with van der Waals surface area (Å²) >= 11 is 9.26. The molecule has 1 atom stereocenters. The predicted molar refractivity (Wildman–Crippen MR) is 82.9 cm³/mol. The monoisotopic (exact) mass is 357 g/mol. The van der Waals surface area contributed by atoms with Crippen LogP contribution in [-0.4, -0.2) is 7.11 Å². The Morgan fingerprint density at radius 1 is 1.30 bits per heavy atom. The van der Waals surface area contributed by atoms with Crippen molar-refractivity contribution < 1.29 is 9.13 Å². The van der Waals surface area contributed by atoms with Crippen molar-refractivity contribution in [3.63, 3.8) is 0 Å². The van der Waals surface area contributed by atoms with E-state index < -0.39 is 11.9 Å². The lowest BCUT2D eigenvalue weighted by molar-refractivity contribution is 0.407. The van der Waals surface area contributed by atoms with E-state index in [0.717, 1.165) is 10.0 Å². The predicted octanol–water partition coefficient (Wildman–Crippen LogP) is 4.61. The Kier molecular flexibility index (Phi) is 4.68. The molecule has 0 radical (unpaired) electrons. The van der Waals surface area contributed by atoms with Crippen LogP contribution in [0.5, 0.6) is 5.75 Å². The molecule has 0 saturated heterocycles. The number of rotatable bonds is 3. The number of halogens is 3. The molecule has 2 rings (SSSR count). The van der Waals surface area contributed by atoms with E-state index in [1.807, 2.05) is 19.1 Å². The first kappa shape index (κ1) is 15.3. The maximum Gasteiger partial charge on any atom is 0.146 e. The van der Waals surface area contributed by atoms with Gasteiger partial charge >= 0.3 is 0 Å². The van der Waals surface area contributed by atoms with Gasteiger partial charge in [-0.05, 0) is 30.7 Å². The standard InChI is InChI=1S/C15H14BrClFNO/c1-8-6-13(20-2)10(7-11(8)16)15(19)9-4-3-5-12(17)14(9)18/h3-7,15H,19H2,1-2H3. The van der Waals surface area contributed by atoms with Gasteiger partial charge < -0.3 is 10.5 Å². The molecule has 0 spiro atoms. The van der Waals surface area contributed by atoms with E-state index in [1.165, 1.54) is 6.07 Å². The van der Waals surface area contributed by atoms with Crippen molar-refractivity contribution in [1.82, 2.24) is 0 Å². The summed E-state index contributed by atoms with van der Waals surface area (Å²) in [6.07, 6.45) is 0. The van der Waals surface area contributed by atoms with E-state index in [1.54, 1.807) is 19.2 Å². The van der Waals surface area contributed by atoms with Gasteiger partial charge in [-0.3, -0.25) is 0 Å². The van der Waals surface area contributed by atoms with Crippen LogP contribution in [-0.2, 0) is 0 Å². The van der Waals surface area contributed by atoms with E-state index in [4.69, 9.17) is 22.1 Å². The fourth-order valence-electron chi connectivity index (χ4n) is 2.02. The van der Waals surface area contributed by atoms with Crippen molar-refractivity contribution in [2.75, 3.05) is 7.11 Å². The van der Waals surface area contributed by atoms with Gasteiger partial charge in [0.1, 0.15) is 11.6 Å². The number of aryl methyl sites for hydroxylation is 1. The van der Waals surface area contributed by atoms with Gasteiger partial charge in [-0.2, -0.15) is 0 Å². The second kappa shape index (κ2) is 6.12. The summed E-state index contributed by atoms with van der Waals surface area (Å²) < 4.78 is 20.3. The topological polar surface area (TPSA) is 35.2 Å². The van der Waals surface area contributed by atoms with Gasteiger partial charge in [0.05, 0.1) is 18.2 Å². The smallest absolute Gasteiger partial charge is 0.146 e. The minimum absolute atomic E-state index is 0.0584. The number of nitrogens with two attached hydrogens (primary N) is 1. The van der Waals surface area contributed by atoms with E-state index >= 15 is 0 Å². The molecule has 0 aliphatic carbocycles. The summed E-state index contributed by atoms with van der Waals surface area (Å²) in [6.45, 7) is 1.95. The van der Waals surface area contributed by atoms with Crippen molar-refractivity contribution in [3.8, 4) is 5.75 Å². The summed E-state index contributed by atoms with van der Waals surface area (Å²) in [5, 5.41) is 0.0584. The molecule has 0 aromatic heterocycles. The first-order chi connectivity index (χ1) is 9.45. The van der Waals surface area contributed by atoms with E-state index in [9.17, 15) is 4.39 Å². The second-order valence-corrected chi connectivity index (χ2v) is 5.73. The highest BCUT2D eigenvalue weighted by atomic mass is 79.9. The SMILES string of the molecule is COc1cc(C)c(Br)cc1C(N)c1cccc(Cl)c1F. The zero-order valence-electron chi connectivity index (χ0n) is 11.1. The molecule has 5 heteroatoms. The molecule has 0 heterocycles. The number of benzene rings is 2. The number of ether oxygens (including phenoxy) is 1. The van der Waals surface area contributed by atoms with Gasteiger partial charge in [-0.1, -0.05) is 39.7 Å². The molecule has 0 fully saturated rings. The molecule has 106 valence electrons. The van der Waals surface area contributed by atoms with Gasteiger partial charge in [-0.15, -0.1) is 0 Å². The second-order valence-electron chi connectivity index (χ2n) is 4.46. The molecule has 1 unspecified atom stereocenters. The summed E-state index contributed by atoms with van der Waals surface area (Å²) in [5.74, 6) is 0.123. The molecule has 2 N–H and O–H groups in total. The van der Waals surface area contributed by atoms with Gasteiger partial charge in [-0.25, -0.2) is 4.39 Å². The van der Waals surface area contributed by atoms with Crippen LogP contribution in [0, 0.1) is 12.7 Å².